The van der Waals surface area contributed by atoms with Gasteiger partial charge in [0.05, 0.1) is 0 Å². The van der Waals surface area contributed by atoms with Crippen molar-refractivity contribution >= 4 is 21.7 Å². The highest BCUT2D eigenvalue weighted by Gasteiger charge is 2.11. The third-order valence-corrected chi connectivity index (χ3v) is 3.46. The lowest BCUT2D eigenvalue weighted by atomic mass is 10.3. The number of benzene rings is 1. The summed E-state index contributed by atoms with van der Waals surface area (Å²) in [7, 11) is -3.48. The molecule has 19 heavy (non-hydrogen) atoms. The first kappa shape index (κ1) is 13.2. The molecule has 0 amide bonds. The van der Waals surface area contributed by atoms with Crippen LogP contribution in [0, 0.1) is 0 Å². The van der Waals surface area contributed by atoms with Gasteiger partial charge < -0.3 is 15.5 Å². The molecule has 0 atom stereocenters. The molecule has 0 bridgehead atoms. The first-order chi connectivity index (χ1) is 9.05. The minimum Gasteiger partial charge on any atom is -0.492 e. The molecule has 8 heteroatoms. The summed E-state index contributed by atoms with van der Waals surface area (Å²) in [5.74, 6) is 0.591. The number of hydrogen-bond acceptors (Lipinski definition) is 5. The van der Waals surface area contributed by atoms with Crippen molar-refractivity contribution in [2.45, 2.75) is 0 Å². The topological polar surface area (TPSA) is 110 Å². The molecular weight excluding hydrogens is 268 g/mol. The maximum absolute atomic E-state index is 11.7. The average Bonchev–Trinajstić information content (AvgIpc) is 2.83. The molecule has 0 aliphatic carbocycles. The van der Waals surface area contributed by atoms with E-state index in [2.05, 4.69) is 14.7 Å². The number of anilines is 2. The highest BCUT2D eigenvalue weighted by Crippen LogP contribution is 2.13. The minimum absolute atomic E-state index is 0.0416. The summed E-state index contributed by atoms with van der Waals surface area (Å²) in [6.07, 6.45) is 2.99. The number of ether oxygens (including phenoxy) is 1. The summed E-state index contributed by atoms with van der Waals surface area (Å²) >= 11 is 0. The third kappa shape index (κ3) is 4.18. The van der Waals surface area contributed by atoms with Crippen LogP contribution in [0.4, 0.5) is 11.6 Å². The second kappa shape index (κ2) is 5.61. The average molecular weight is 282 g/mol. The fourth-order valence-electron chi connectivity index (χ4n) is 1.35. The first-order valence-electron chi connectivity index (χ1n) is 5.53. The van der Waals surface area contributed by atoms with E-state index < -0.39 is 10.0 Å². The molecule has 1 heterocycles. The maximum atomic E-state index is 11.7. The monoisotopic (exact) mass is 282 g/mol. The van der Waals surface area contributed by atoms with Crippen LogP contribution in [-0.4, -0.2) is 30.7 Å². The molecule has 0 aliphatic heterocycles. The van der Waals surface area contributed by atoms with E-state index in [0.717, 1.165) is 0 Å². The van der Waals surface area contributed by atoms with E-state index in [1.165, 1.54) is 12.4 Å². The van der Waals surface area contributed by atoms with Crippen LogP contribution in [0.15, 0.2) is 36.7 Å². The van der Waals surface area contributed by atoms with Crippen molar-refractivity contribution in [3.8, 4) is 5.75 Å². The van der Waals surface area contributed by atoms with Crippen molar-refractivity contribution in [3.63, 3.8) is 0 Å². The molecule has 2 rings (SSSR count). The van der Waals surface area contributed by atoms with Crippen molar-refractivity contribution in [2.24, 2.45) is 0 Å². The summed E-state index contributed by atoms with van der Waals surface area (Å²) in [6, 6.07) is 6.74. The Bertz CT molecular complexity index is 608. The van der Waals surface area contributed by atoms with Gasteiger partial charge in [0.25, 0.3) is 0 Å². The van der Waals surface area contributed by atoms with E-state index in [4.69, 9.17) is 10.5 Å². The van der Waals surface area contributed by atoms with Gasteiger partial charge in [-0.3, -0.25) is 4.72 Å². The van der Waals surface area contributed by atoms with Crippen LogP contribution < -0.4 is 15.2 Å². The van der Waals surface area contributed by atoms with E-state index in [9.17, 15) is 8.42 Å². The minimum atomic E-state index is -3.48. The molecule has 0 fully saturated rings. The predicted molar refractivity (Wildman–Crippen MR) is 72.3 cm³/mol. The highest BCUT2D eigenvalue weighted by atomic mass is 32.2. The van der Waals surface area contributed by atoms with Crippen molar-refractivity contribution in [1.82, 2.24) is 9.97 Å². The van der Waals surface area contributed by atoms with Gasteiger partial charge in [-0.25, -0.2) is 13.4 Å². The number of aromatic nitrogens is 2. The Morgan fingerprint density at radius 1 is 1.32 bits per heavy atom. The van der Waals surface area contributed by atoms with Gasteiger partial charge in [-0.05, 0) is 24.3 Å². The number of nitrogens with two attached hydrogens (primary N) is 1. The highest BCUT2D eigenvalue weighted by molar-refractivity contribution is 7.92. The standard InChI is InChI=1S/C11H14N4O3S/c12-9-1-3-10(4-2-9)18-7-8-19(16,17)15-11-13-5-6-14-11/h1-6H,7-8,12H2,(H2,13,14,15). The van der Waals surface area contributed by atoms with Crippen molar-refractivity contribution in [1.29, 1.82) is 0 Å². The second-order valence-corrected chi connectivity index (χ2v) is 5.62. The molecular formula is C11H14N4O3S. The molecule has 2 aromatic rings. The van der Waals surface area contributed by atoms with Crippen molar-refractivity contribution in [3.05, 3.63) is 36.7 Å². The van der Waals surface area contributed by atoms with Gasteiger partial charge in [-0.15, -0.1) is 0 Å². The van der Waals surface area contributed by atoms with Crippen LogP contribution in [0.2, 0.25) is 0 Å². The third-order valence-electron chi connectivity index (χ3n) is 2.25. The van der Waals surface area contributed by atoms with Gasteiger partial charge in [0, 0.05) is 18.1 Å². The fourth-order valence-corrected chi connectivity index (χ4v) is 2.16. The molecule has 1 aromatic heterocycles. The number of sulfonamides is 1. The van der Waals surface area contributed by atoms with E-state index in [0.29, 0.717) is 11.4 Å². The Morgan fingerprint density at radius 3 is 2.68 bits per heavy atom. The zero-order valence-corrected chi connectivity index (χ0v) is 10.9. The molecule has 1 aromatic carbocycles. The van der Waals surface area contributed by atoms with Crippen LogP contribution in [0.3, 0.4) is 0 Å². The largest absolute Gasteiger partial charge is 0.492 e. The fraction of sp³-hybridized carbons (Fsp3) is 0.182. The normalized spacial score (nSPS) is 11.2. The van der Waals surface area contributed by atoms with Gasteiger partial charge in [0.15, 0.2) is 0 Å². The number of hydrogen-bond donors (Lipinski definition) is 3. The predicted octanol–water partition coefficient (Wildman–Crippen LogP) is 0.813. The van der Waals surface area contributed by atoms with E-state index >= 15 is 0 Å². The molecule has 0 saturated heterocycles. The molecule has 0 spiro atoms. The lowest BCUT2D eigenvalue weighted by Gasteiger charge is -2.07. The maximum Gasteiger partial charge on any atom is 0.238 e. The lowest BCUT2D eigenvalue weighted by molar-refractivity contribution is 0.341. The number of nitrogens with zero attached hydrogens (tertiary/aromatic N) is 1. The van der Waals surface area contributed by atoms with Crippen LogP contribution in [0.1, 0.15) is 0 Å². The second-order valence-electron chi connectivity index (χ2n) is 3.78. The Kier molecular flexibility index (Phi) is 3.91. The number of aromatic amines is 1. The molecule has 0 radical (unpaired) electrons. The molecule has 102 valence electrons. The van der Waals surface area contributed by atoms with E-state index in [1.807, 2.05) is 0 Å². The lowest BCUT2D eigenvalue weighted by Crippen LogP contribution is -2.21. The van der Waals surface area contributed by atoms with Crippen molar-refractivity contribution in [2.75, 3.05) is 22.8 Å². The SMILES string of the molecule is Nc1ccc(OCCS(=O)(=O)Nc2ncc[nH]2)cc1. The Labute approximate surface area is 110 Å². The van der Waals surface area contributed by atoms with Crippen LogP contribution in [0.25, 0.3) is 0 Å². The molecule has 7 nitrogen and oxygen atoms in total. The number of nitrogen functional groups attached to an aromatic ring is 1. The Balaban J connectivity index is 1.83. The zero-order valence-electron chi connectivity index (χ0n) is 10.0. The van der Waals surface area contributed by atoms with E-state index in [-0.39, 0.29) is 18.3 Å². The summed E-state index contributed by atoms with van der Waals surface area (Å²) in [5, 5.41) is 0. The van der Waals surface area contributed by atoms with Crippen LogP contribution in [-0.2, 0) is 10.0 Å². The molecule has 0 saturated carbocycles. The van der Waals surface area contributed by atoms with Gasteiger partial charge in [-0.2, -0.15) is 0 Å². The van der Waals surface area contributed by atoms with Crippen LogP contribution >= 0.6 is 0 Å². The summed E-state index contributed by atoms with van der Waals surface area (Å²) < 4.78 is 31.0. The number of imidazole rings is 1. The van der Waals surface area contributed by atoms with E-state index in [1.54, 1.807) is 24.3 Å². The molecule has 0 unspecified atom stereocenters. The first-order valence-corrected chi connectivity index (χ1v) is 7.19. The van der Waals surface area contributed by atoms with Gasteiger partial charge in [-0.1, -0.05) is 0 Å². The smallest absolute Gasteiger partial charge is 0.238 e. The van der Waals surface area contributed by atoms with Gasteiger partial charge in [0.2, 0.25) is 16.0 Å². The Hall–Kier alpha value is -2.22. The summed E-state index contributed by atoms with van der Waals surface area (Å²) in [5.41, 5.74) is 6.15. The van der Waals surface area contributed by atoms with Crippen LogP contribution in [0.5, 0.6) is 5.75 Å². The van der Waals surface area contributed by atoms with Gasteiger partial charge in [0.1, 0.15) is 18.1 Å². The molecule has 4 N–H and O–H groups in total. The summed E-state index contributed by atoms with van der Waals surface area (Å²) in [6.45, 7) is 0.0416. The summed E-state index contributed by atoms with van der Waals surface area (Å²) in [4.78, 5) is 6.43. The number of nitrogens with one attached hydrogen (secondary N) is 2. The quantitative estimate of drug-likeness (QED) is 0.679. The van der Waals surface area contributed by atoms with Crippen molar-refractivity contribution < 1.29 is 13.2 Å². The number of rotatable bonds is 6. The van der Waals surface area contributed by atoms with Gasteiger partial charge >= 0.3 is 0 Å². The molecule has 0 aliphatic rings. The Morgan fingerprint density at radius 2 is 2.05 bits per heavy atom. The zero-order chi connectivity index (χ0) is 13.7. The number of H-pyrrole nitrogens is 1.